The quantitative estimate of drug-likeness (QED) is 0.442. The number of carbonyl (C=O) groups is 3. The van der Waals surface area contributed by atoms with Crippen LogP contribution in [0.4, 0.5) is 5.69 Å². The summed E-state index contributed by atoms with van der Waals surface area (Å²) < 4.78 is 11.5. The van der Waals surface area contributed by atoms with Crippen LogP contribution in [0.2, 0.25) is 0 Å². The van der Waals surface area contributed by atoms with Crippen LogP contribution in [0.1, 0.15) is 26.7 Å². The number of rotatable bonds is 8. The zero-order valence-electron chi connectivity index (χ0n) is 18.9. The number of fused-ring (bicyclic) bond motifs is 1. The lowest BCUT2D eigenvalue weighted by atomic mass is 9.70. The van der Waals surface area contributed by atoms with E-state index in [2.05, 4.69) is 26.6 Å². The Hall–Kier alpha value is -2.17. The average Bonchev–Trinajstić information content (AvgIpc) is 3.40. The Morgan fingerprint density at radius 2 is 2.03 bits per heavy atom. The van der Waals surface area contributed by atoms with Gasteiger partial charge in [-0.1, -0.05) is 22.9 Å². The molecule has 3 fully saturated rings. The molecule has 3 aliphatic heterocycles. The summed E-state index contributed by atoms with van der Waals surface area (Å²) in [6, 6.07) is 5.29. The van der Waals surface area contributed by atoms with Crippen LogP contribution in [0.5, 0.6) is 5.75 Å². The number of hydrogen-bond acceptors (Lipinski definition) is 6. The van der Waals surface area contributed by atoms with Gasteiger partial charge in [-0.2, -0.15) is 0 Å². The maximum Gasteiger partial charge on any atom is 0.250 e. The highest BCUT2D eigenvalue weighted by Gasteiger charge is 2.76. The van der Waals surface area contributed by atoms with Gasteiger partial charge < -0.3 is 30.1 Å². The van der Waals surface area contributed by atoms with Gasteiger partial charge in [-0.15, -0.1) is 0 Å². The second kappa shape index (κ2) is 9.23. The zero-order valence-corrected chi connectivity index (χ0v) is 20.5. The van der Waals surface area contributed by atoms with Gasteiger partial charge in [0.1, 0.15) is 17.4 Å². The fourth-order valence-corrected chi connectivity index (χ4v) is 6.42. The minimum absolute atomic E-state index is 0.167. The number of methoxy groups -OCH3 is 1. The number of ether oxygens (including phenoxy) is 2. The van der Waals surface area contributed by atoms with Gasteiger partial charge in [0.25, 0.3) is 0 Å². The number of aliphatic hydroxyl groups is 1. The summed E-state index contributed by atoms with van der Waals surface area (Å²) in [6.45, 7) is 3.83. The van der Waals surface area contributed by atoms with Crippen molar-refractivity contribution in [1.82, 2.24) is 10.2 Å². The molecule has 3 unspecified atom stereocenters. The Bertz CT molecular complexity index is 927. The van der Waals surface area contributed by atoms with Gasteiger partial charge >= 0.3 is 0 Å². The van der Waals surface area contributed by atoms with Gasteiger partial charge in [-0.25, -0.2) is 0 Å². The van der Waals surface area contributed by atoms with Crippen LogP contribution >= 0.6 is 15.9 Å². The summed E-state index contributed by atoms with van der Waals surface area (Å²) in [5, 5.41) is 15.6. The number of nitrogens with one attached hydrogen (secondary N) is 2. The predicted octanol–water partition coefficient (Wildman–Crippen LogP) is 1.29. The van der Waals surface area contributed by atoms with Crippen LogP contribution in [-0.4, -0.2) is 76.6 Å². The van der Waals surface area contributed by atoms with Crippen LogP contribution < -0.4 is 15.4 Å². The molecule has 3 heterocycles. The van der Waals surface area contributed by atoms with E-state index < -0.39 is 41.5 Å². The van der Waals surface area contributed by atoms with Crippen LogP contribution in [0.25, 0.3) is 0 Å². The number of anilines is 1. The molecule has 9 nitrogen and oxygen atoms in total. The Morgan fingerprint density at radius 3 is 2.64 bits per heavy atom. The maximum absolute atomic E-state index is 13.7. The molecule has 4 rings (SSSR count). The topological polar surface area (TPSA) is 117 Å². The second-order valence-electron chi connectivity index (χ2n) is 8.95. The number of alkyl halides is 1. The van der Waals surface area contributed by atoms with Crippen LogP contribution in [0.15, 0.2) is 24.3 Å². The molecule has 33 heavy (non-hydrogen) atoms. The minimum Gasteiger partial charge on any atom is -0.497 e. The molecule has 10 heteroatoms. The number of aliphatic hydroxyl groups excluding tert-OH is 1. The molecular formula is C23H30BrN3O6. The molecule has 3 aliphatic rings. The first-order chi connectivity index (χ1) is 15.8. The smallest absolute Gasteiger partial charge is 0.250 e. The van der Waals surface area contributed by atoms with E-state index in [1.165, 1.54) is 4.90 Å². The van der Waals surface area contributed by atoms with E-state index in [-0.39, 0.29) is 23.2 Å². The molecule has 3 amide bonds. The number of nitrogens with zero attached hydrogens (tertiary/aromatic N) is 1. The Balaban J connectivity index is 1.69. The van der Waals surface area contributed by atoms with Crippen molar-refractivity contribution in [1.29, 1.82) is 0 Å². The molecule has 3 saturated heterocycles. The lowest BCUT2D eigenvalue weighted by Crippen LogP contribution is -2.56. The third-order valence-corrected chi connectivity index (χ3v) is 7.77. The number of hydrogen-bond donors (Lipinski definition) is 3. The van der Waals surface area contributed by atoms with Crippen molar-refractivity contribution < 1.29 is 29.0 Å². The fraction of sp³-hybridized carbons (Fsp3) is 0.609. The summed E-state index contributed by atoms with van der Waals surface area (Å²) in [4.78, 5) is 41.6. The Kier molecular flexibility index (Phi) is 6.70. The third-order valence-electron chi connectivity index (χ3n) is 6.92. The first kappa shape index (κ1) is 24.0. The van der Waals surface area contributed by atoms with E-state index >= 15 is 0 Å². The first-order valence-electron chi connectivity index (χ1n) is 11.3. The molecular weight excluding hydrogens is 494 g/mol. The summed E-state index contributed by atoms with van der Waals surface area (Å²) in [5.41, 5.74) is -0.603. The van der Waals surface area contributed by atoms with Gasteiger partial charge in [-0.3, -0.25) is 14.4 Å². The number of benzene rings is 1. The van der Waals surface area contributed by atoms with E-state index in [1.54, 1.807) is 38.3 Å². The van der Waals surface area contributed by atoms with Gasteiger partial charge in [-0.05, 0) is 44.0 Å². The van der Waals surface area contributed by atoms with Crippen LogP contribution in [0, 0.1) is 11.8 Å². The van der Waals surface area contributed by atoms with Crippen molar-refractivity contribution >= 4 is 39.3 Å². The van der Waals surface area contributed by atoms with E-state index in [1.807, 2.05) is 6.92 Å². The number of amides is 3. The molecule has 0 saturated carbocycles. The van der Waals surface area contributed by atoms with Crippen LogP contribution in [-0.2, 0) is 19.1 Å². The van der Waals surface area contributed by atoms with Crippen molar-refractivity contribution in [3.8, 4) is 5.75 Å². The van der Waals surface area contributed by atoms with Crippen LogP contribution in [0.3, 0.4) is 0 Å². The largest absolute Gasteiger partial charge is 0.497 e. The summed E-state index contributed by atoms with van der Waals surface area (Å²) in [7, 11) is 1.56. The molecule has 0 radical (unpaired) electrons. The second-order valence-corrected chi connectivity index (χ2v) is 10.1. The molecule has 2 bridgehead atoms. The van der Waals surface area contributed by atoms with E-state index in [0.717, 1.165) is 6.42 Å². The summed E-state index contributed by atoms with van der Waals surface area (Å²) >= 11 is 3.63. The fourth-order valence-electron chi connectivity index (χ4n) is 5.48. The molecule has 1 aromatic rings. The van der Waals surface area contributed by atoms with E-state index in [0.29, 0.717) is 24.4 Å². The van der Waals surface area contributed by atoms with Crippen molar-refractivity contribution in [2.45, 2.75) is 55.3 Å². The maximum atomic E-state index is 13.7. The number of carbonyl (C=O) groups excluding carboxylic acids is 3. The molecule has 3 N–H and O–H groups in total. The molecule has 180 valence electrons. The third kappa shape index (κ3) is 3.81. The summed E-state index contributed by atoms with van der Waals surface area (Å²) in [6.07, 6.45) is 0.686. The predicted molar refractivity (Wildman–Crippen MR) is 124 cm³/mol. The lowest BCUT2D eigenvalue weighted by molar-refractivity contribution is -0.143. The van der Waals surface area contributed by atoms with Gasteiger partial charge in [0.2, 0.25) is 17.7 Å². The molecule has 1 spiro atoms. The molecule has 0 aromatic heterocycles. The van der Waals surface area contributed by atoms with Gasteiger partial charge in [0.15, 0.2) is 0 Å². The highest BCUT2D eigenvalue weighted by Crippen LogP contribution is 2.60. The van der Waals surface area contributed by atoms with Crippen molar-refractivity contribution in [2.75, 3.05) is 25.6 Å². The number of halogens is 1. The highest BCUT2D eigenvalue weighted by atomic mass is 79.9. The van der Waals surface area contributed by atoms with Crippen molar-refractivity contribution in [3.63, 3.8) is 0 Å². The number of likely N-dealkylation sites (tertiary alicyclic amines) is 1. The SMILES string of the molecule is CCCNC(=O)[C@H]1[C@H]2C(=O)N([C@H](C)CO)C(C(=O)Nc3ccc(OC)cc3)C23CC(Br)[C@@H]1O3. The Labute approximate surface area is 201 Å². The molecule has 7 atom stereocenters. The molecule has 0 aliphatic carbocycles. The minimum atomic E-state index is -1.15. The average molecular weight is 524 g/mol. The monoisotopic (exact) mass is 523 g/mol. The lowest BCUT2D eigenvalue weighted by Gasteiger charge is -2.35. The standard InChI is InChI=1S/C23H30BrN3O6/c1-4-9-25-20(29)16-17-22(31)27(12(2)11-28)19(23(17)10-15(24)18(16)33-23)21(30)26-13-5-7-14(32-3)8-6-13/h5-8,12,15-19,28H,4,9-11H2,1-3H3,(H,25,29)(H,26,30)/t12-,15?,16+,17+,18+,19?,23?/m1/s1. The zero-order chi connectivity index (χ0) is 23.9. The normalized spacial score (nSPS) is 33.1. The van der Waals surface area contributed by atoms with Gasteiger partial charge in [0, 0.05) is 17.1 Å². The van der Waals surface area contributed by atoms with Crippen molar-refractivity contribution in [2.24, 2.45) is 11.8 Å². The Morgan fingerprint density at radius 1 is 1.33 bits per heavy atom. The van der Waals surface area contributed by atoms with E-state index in [4.69, 9.17) is 9.47 Å². The molecule has 1 aromatic carbocycles. The van der Waals surface area contributed by atoms with E-state index in [9.17, 15) is 19.5 Å². The van der Waals surface area contributed by atoms with Gasteiger partial charge in [0.05, 0.1) is 37.7 Å². The summed E-state index contributed by atoms with van der Waals surface area (Å²) in [5.74, 6) is -1.81. The first-order valence-corrected chi connectivity index (χ1v) is 12.2. The highest BCUT2D eigenvalue weighted by molar-refractivity contribution is 9.09. The van der Waals surface area contributed by atoms with Crippen molar-refractivity contribution in [3.05, 3.63) is 24.3 Å².